The highest BCUT2D eigenvalue weighted by Crippen LogP contribution is 2.29. The molecule has 1 saturated heterocycles. The molecule has 2 aromatic carbocycles. The number of nitrogens with zero attached hydrogens (tertiary/aromatic N) is 5. The molecule has 0 unspecified atom stereocenters. The first-order chi connectivity index (χ1) is 18.1. The molecule has 3 heterocycles. The summed E-state index contributed by atoms with van der Waals surface area (Å²) < 4.78 is 0. The number of hydrogen-bond acceptors (Lipinski definition) is 8. The number of anilines is 4. The first-order valence-electron chi connectivity index (χ1n) is 12.2. The number of rotatable bonds is 8. The van der Waals surface area contributed by atoms with Crippen LogP contribution in [0.2, 0.25) is 0 Å². The van der Waals surface area contributed by atoms with Crippen molar-refractivity contribution in [2.45, 2.75) is 0 Å². The van der Waals surface area contributed by atoms with Gasteiger partial charge < -0.3 is 20.6 Å². The van der Waals surface area contributed by atoms with E-state index in [0.717, 1.165) is 60.4 Å². The highest BCUT2D eigenvalue weighted by Gasteiger charge is 2.16. The molecule has 1 aliphatic rings. The summed E-state index contributed by atoms with van der Waals surface area (Å²) in [5.41, 5.74) is 5.16. The molecule has 0 aliphatic carbocycles. The van der Waals surface area contributed by atoms with Gasteiger partial charge in [-0.15, -0.1) is 0 Å². The van der Waals surface area contributed by atoms with E-state index in [1.807, 2.05) is 36.4 Å². The lowest BCUT2D eigenvalue weighted by atomic mass is 10.0. The number of carbonyl (C=O) groups excluding carboxylic acids is 1. The van der Waals surface area contributed by atoms with Gasteiger partial charge in [0.2, 0.25) is 11.9 Å². The van der Waals surface area contributed by atoms with Crippen LogP contribution in [-0.2, 0) is 4.79 Å². The van der Waals surface area contributed by atoms with Crippen molar-refractivity contribution < 1.29 is 9.90 Å². The molecule has 0 bridgehead atoms. The molecule has 9 nitrogen and oxygen atoms in total. The van der Waals surface area contributed by atoms with Crippen LogP contribution in [0, 0.1) is 0 Å². The van der Waals surface area contributed by atoms with Crippen molar-refractivity contribution in [1.29, 1.82) is 0 Å². The number of amides is 1. The summed E-state index contributed by atoms with van der Waals surface area (Å²) >= 11 is 0. The fourth-order valence-corrected chi connectivity index (χ4v) is 4.45. The van der Waals surface area contributed by atoms with Gasteiger partial charge in [-0.1, -0.05) is 24.8 Å². The van der Waals surface area contributed by atoms with E-state index in [4.69, 9.17) is 10.1 Å². The minimum absolute atomic E-state index is 0.204. The molecule has 1 fully saturated rings. The maximum absolute atomic E-state index is 11.7. The van der Waals surface area contributed by atoms with Crippen molar-refractivity contribution >= 4 is 39.8 Å². The summed E-state index contributed by atoms with van der Waals surface area (Å²) in [7, 11) is 0. The van der Waals surface area contributed by atoms with Crippen LogP contribution in [-0.4, -0.2) is 70.2 Å². The number of fused-ring (bicyclic) bond motifs is 1. The van der Waals surface area contributed by atoms with Gasteiger partial charge in [-0.25, -0.2) is 9.97 Å². The normalized spacial score (nSPS) is 13.9. The van der Waals surface area contributed by atoms with Gasteiger partial charge in [-0.05, 0) is 36.4 Å². The summed E-state index contributed by atoms with van der Waals surface area (Å²) in [6, 6.07) is 16.0. The van der Waals surface area contributed by atoms with Crippen LogP contribution in [0.25, 0.3) is 22.0 Å². The predicted octanol–water partition coefficient (Wildman–Crippen LogP) is 3.67. The van der Waals surface area contributed by atoms with Gasteiger partial charge >= 0.3 is 0 Å². The molecule has 2 aromatic heterocycles. The molecule has 3 N–H and O–H groups in total. The van der Waals surface area contributed by atoms with E-state index in [1.54, 1.807) is 18.6 Å². The zero-order chi connectivity index (χ0) is 25.6. The predicted molar refractivity (Wildman–Crippen MR) is 147 cm³/mol. The minimum atomic E-state index is -0.291. The first-order valence-corrected chi connectivity index (χ1v) is 12.2. The third kappa shape index (κ3) is 5.74. The van der Waals surface area contributed by atoms with Crippen molar-refractivity contribution in [3.05, 3.63) is 79.8 Å². The lowest BCUT2D eigenvalue weighted by molar-refractivity contribution is -0.111. The highest BCUT2D eigenvalue weighted by molar-refractivity contribution is 6.00. The number of piperazine rings is 1. The van der Waals surface area contributed by atoms with Crippen LogP contribution in [0.4, 0.5) is 23.0 Å². The molecule has 9 heteroatoms. The van der Waals surface area contributed by atoms with E-state index in [9.17, 15) is 4.79 Å². The Balaban J connectivity index is 1.34. The third-order valence-corrected chi connectivity index (χ3v) is 6.39. The monoisotopic (exact) mass is 495 g/mol. The Morgan fingerprint density at radius 1 is 1.03 bits per heavy atom. The molecule has 5 rings (SSSR count). The number of nitrogens with one attached hydrogen (secondary N) is 2. The quantitative estimate of drug-likeness (QED) is 0.318. The molecular formula is C28H29N7O2. The largest absolute Gasteiger partial charge is 0.395 e. The van der Waals surface area contributed by atoms with E-state index in [1.165, 1.54) is 11.8 Å². The summed E-state index contributed by atoms with van der Waals surface area (Å²) in [4.78, 5) is 29.9. The second-order valence-electron chi connectivity index (χ2n) is 8.82. The third-order valence-electron chi connectivity index (χ3n) is 6.39. The Kier molecular flexibility index (Phi) is 7.34. The van der Waals surface area contributed by atoms with Crippen LogP contribution in [0.1, 0.15) is 0 Å². The van der Waals surface area contributed by atoms with Crippen molar-refractivity contribution in [3.63, 3.8) is 0 Å². The number of β-amino-alcohol motifs (C(OH)–C–C–N with tert-alkyl or cyclic N) is 1. The molecule has 0 saturated carbocycles. The fourth-order valence-electron chi connectivity index (χ4n) is 4.45. The zero-order valence-electron chi connectivity index (χ0n) is 20.5. The van der Waals surface area contributed by atoms with Gasteiger partial charge in [0.1, 0.15) is 0 Å². The molecule has 188 valence electrons. The number of hydrogen-bond donors (Lipinski definition) is 3. The summed E-state index contributed by atoms with van der Waals surface area (Å²) in [6.45, 7) is 8.21. The van der Waals surface area contributed by atoms with Gasteiger partial charge in [-0.2, -0.15) is 0 Å². The second kappa shape index (κ2) is 11.2. The molecule has 37 heavy (non-hydrogen) atoms. The Bertz CT molecular complexity index is 1400. The molecule has 1 amide bonds. The van der Waals surface area contributed by atoms with Crippen LogP contribution >= 0.6 is 0 Å². The highest BCUT2D eigenvalue weighted by atomic mass is 16.3. The van der Waals surface area contributed by atoms with Crippen LogP contribution in [0.15, 0.2) is 79.8 Å². The molecular weight excluding hydrogens is 466 g/mol. The maximum atomic E-state index is 11.7. The summed E-state index contributed by atoms with van der Waals surface area (Å²) in [5, 5.41) is 16.1. The number of aromatic nitrogens is 3. The maximum Gasteiger partial charge on any atom is 0.247 e. The number of aliphatic hydroxyl groups is 1. The average Bonchev–Trinajstić information content (AvgIpc) is 2.94. The fraction of sp³-hybridized carbons (Fsp3) is 0.214. The number of benzene rings is 2. The van der Waals surface area contributed by atoms with Gasteiger partial charge in [0.25, 0.3) is 0 Å². The number of carbonyl (C=O) groups is 1. The van der Waals surface area contributed by atoms with Crippen molar-refractivity contribution in [3.8, 4) is 11.1 Å². The van der Waals surface area contributed by atoms with Crippen molar-refractivity contribution in [1.82, 2.24) is 19.9 Å². The van der Waals surface area contributed by atoms with E-state index in [-0.39, 0.29) is 12.5 Å². The summed E-state index contributed by atoms with van der Waals surface area (Å²) in [5.74, 6) is 0.204. The topological polar surface area (TPSA) is 107 Å². The van der Waals surface area contributed by atoms with Gasteiger partial charge in [0.05, 0.1) is 24.0 Å². The Labute approximate surface area is 215 Å². The summed E-state index contributed by atoms with van der Waals surface area (Å²) in [6.07, 6.45) is 6.36. The van der Waals surface area contributed by atoms with E-state index >= 15 is 0 Å². The molecule has 0 atom stereocenters. The van der Waals surface area contributed by atoms with Gasteiger partial charge in [-0.3, -0.25) is 14.7 Å². The number of aliphatic hydroxyl groups excluding tert-OH is 1. The van der Waals surface area contributed by atoms with E-state index in [2.05, 4.69) is 49.1 Å². The van der Waals surface area contributed by atoms with Crippen LogP contribution in [0.5, 0.6) is 0 Å². The first kappa shape index (κ1) is 24.4. The SMILES string of the molecule is C=CC(=O)Nc1cncc(-c2cccc3cnc(Nc4ccc(N5CCN(CCO)CC5)cc4)nc23)c1. The van der Waals surface area contributed by atoms with E-state index in [0.29, 0.717) is 11.6 Å². The standard InChI is InChI=1S/C28H29N7O2/c1-2-26(37)31-23-16-21(17-29-19-23)25-5-3-4-20-18-30-28(33-27(20)25)32-22-6-8-24(9-7-22)35-12-10-34(11-13-35)14-15-36/h2-9,16-19,36H,1,10-15H2,(H,31,37)(H,30,32,33). The smallest absolute Gasteiger partial charge is 0.247 e. The Morgan fingerprint density at radius 3 is 2.59 bits per heavy atom. The molecule has 0 spiro atoms. The average molecular weight is 496 g/mol. The van der Waals surface area contributed by atoms with Crippen LogP contribution in [0.3, 0.4) is 0 Å². The van der Waals surface area contributed by atoms with Gasteiger partial charge in [0, 0.05) is 73.0 Å². The molecule has 4 aromatic rings. The molecule has 0 radical (unpaired) electrons. The number of pyridine rings is 1. The van der Waals surface area contributed by atoms with Crippen LogP contribution < -0.4 is 15.5 Å². The Hall–Kier alpha value is -4.34. The Morgan fingerprint density at radius 2 is 1.84 bits per heavy atom. The van der Waals surface area contributed by atoms with Gasteiger partial charge in [0.15, 0.2) is 0 Å². The number of para-hydroxylation sites is 1. The molecule has 1 aliphatic heterocycles. The lowest BCUT2D eigenvalue weighted by Gasteiger charge is -2.35. The van der Waals surface area contributed by atoms with E-state index < -0.39 is 0 Å². The second-order valence-corrected chi connectivity index (χ2v) is 8.82. The zero-order valence-corrected chi connectivity index (χ0v) is 20.5. The van der Waals surface area contributed by atoms with Crippen molar-refractivity contribution in [2.24, 2.45) is 0 Å². The van der Waals surface area contributed by atoms with Crippen molar-refractivity contribution in [2.75, 3.05) is 54.9 Å². The lowest BCUT2D eigenvalue weighted by Crippen LogP contribution is -2.47. The minimum Gasteiger partial charge on any atom is -0.395 e.